The van der Waals surface area contributed by atoms with Gasteiger partial charge in [0.2, 0.25) is 5.91 Å². The zero-order valence-electron chi connectivity index (χ0n) is 16.6. The predicted octanol–water partition coefficient (Wildman–Crippen LogP) is 1.82. The summed E-state index contributed by atoms with van der Waals surface area (Å²) >= 11 is 0. The molecule has 0 aliphatic heterocycles. The number of hydrogen-bond acceptors (Lipinski definition) is 5. The topological polar surface area (TPSA) is 129 Å². The van der Waals surface area contributed by atoms with Gasteiger partial charge in [0.1, 0.15) is 18.2 Å². The molecule has 8 heteroatoms. The molecular weight excluding hydrogens is 373 g/mol. The van der Waals surface area contributed by atoms with E-state index in [-0.39, 0.29) is 42.3 Å². The van der Waals surface area contributed by atoms with Crippen LogP contribution < -0.4 is 27.4 Å². The Kier molecular flexibility index (Phi) is 6.42. The van der Waals surface area contributed by atoms with Gasteiger partial charge in [0.15, 0.2) is 0 Å². The number of carbonyl (C=O) groups is 1. The van der Waals surface area contributed by atoms with E-state index in [1.807, 2.05) is 12.1 Å². The van der Waals surface area contributed by atoms with Crippen LogP contribution in [0.15, 0.2) is 41.3 Å². The van der Waals surface area contributed by atoms with Crippen molar-refractivity contribution >= 4 is 11.7 Å². The van der Waals surface area contributed by atoms with E-state index in [0.29, 0.717) is 17.7 Å². The van der Waals surface area contributed by atoms with Gasteiger partial charge in [0.05, 0.1) is 12.9 Å². The normalized spacial score (nSPS) is 27.0. The van der Waals surface area contributed by atoms with Crippen molar-refractivity contribution < 1.29 is 13.9 Å². The Balaban J connectivity index is 1.61. The lowest BCUT2D eigenvalue weighted by Crippen LogP contribution is -2.52. The van der Waals surface area contributed by atoms with Crippen LogP contribution in [0.2, 0.25) is 0 Å². The largest absolute Gasteiger partial charge is 0.489 e. The Morgan fingerprint density at radius 3 is 2.31 bits per heavy atom. The highest BCUT2D eigenvalue weighted by Crippen LogP contribution is 2.57. The molecule has 29 heavy (non-hydrogen) atoms. The Hall–Kier alpha value is -2.61. The number of halogens is 1. The number of nitrogens with two attached hydrogens (primary N) is 3. The predicted molar refractivity (Wildman–Crippen MR) is 111 cm³/mol. The smallest absolute Gasteiger partial charge is 0.226 e. The van der Waals surface area contributed by atoms with Crippen molar-refractivity contribution in [2.75, 3.05) is 19.7 Å². The maximum absolute atomic E-state index is 12.7. The monoisotopic (exact) mass is 403 g/mol. The molecule has 3 saturated carbocycles. The van der Waals surface area contributed by atoms with Crippen molar-refractivity contribution in [2.24, 2.45) is 27.8 Å². The van der Waals surface area contributed by atoms with Gasteiger partial charge < -0.3 is 27.4 Å². The molecule has 1 aromatic rings. The molecule has 7 N–H and O–H groups in total. The van der Waals surface area contributed by atoms with Gasteiger partial charge in [0, 0.05) is 17.5 Å². The van der Waals surface area contributed by atoms with Crippen LogP contribution in [0.1, 0.15) is 44.1 Å². The van der Waals surface area contributed by atoms with Crippen LogP contribution in [-0.4, -0.2) is 31.4 Å². The highest BCUT2D eigenvalue weighted by Gasteiger charge is 2.52. The number of nitrogens with zero attached hydrogens (tertiary/aromatic N) is 1. The van der Waals surface area contributed by atoms with Crippen molar-refractivity contribution in [2.45, 2.75) is 43.9 Å². The molecule has 3 aliphatic carbocycles. The maximum atomic E-state index is 12.7. The fourth-order valence-corrected chi connectivity index (χ4v) is 4.58. The summed E-state index contributed by atoms with van der Waals surface area (Å²) in [5.41, 5.74) is 12.5. The van der Waals surface area contributed by atoms with Gasteiger partial charge in [-0.05, 0) is 61.6 Å². The highest BCUT2D eigenvalue weighted by atomic mass is 19.1. The zero-order chi connectivity index (χ0) is 20.9. The number of fused-ring (bicyclic) bond motifs is 3. The van der Waals surface area contributed by atoms with Gasteiger partial charge in [0.25, 0.3) is 0 Å². The fraction of sp³-hybridized carbons (Fsp3) is 0.524. The first-order valence-electron chi connectivity index (χ1n) is 9.99. The van der Waals surface area contributed by atoms with Crippen LogP contribution >= 0.6 is 0 Å². The van der Waals surface area contributed by atoms with Gasteiger partial charge in [-0.15, -0.1) is 0 Å². The van der Waals surface area contributed by atoms with E-state index in [2.05, 4.69) is 22.6 Å². The molecule has 0 spiro atoms. The number of amidine groups is 1. The van der Waals surface area contributed by atoms with E-state index < -0.39 is 0 Å². The molecule has 7 nitrogen and oxygen atoms in total. The molecule has 3 aliphatic rings. The Morgan fingerprint density at radius 2 is 1.79 bits per heavy atom. The molecule has 158 valence electrons. The third-order valence-corrected chi connectivity index (χ3v) is 6.63. The van der Waals surface area contributed by atoms with Crippen LogP contribution in [0.25, 0.3) is 0 Å². The molecule has 0 atom stereocenters. The number of hydrazone groups is 1. The maximum Gasteiger partial charge on any atom is 0.226 e. The molecular formula is C21H30FN5O2. The summed E-state index contributed by atoms with van der Waals surface area (Å²) in [5.74, 6) is 6.09. The quantitative estimate of drug-likeness (QED) is 0.228. The van der Waals surface area contributed by atoms with E-state index in [1.54, 1.807) is 0 Å². The zero-order valence-corrected chi connectivity index (χ0v) is 16.6. The number of carbonyl (C=O) groups excluding carboxylic acids is 1. The average molecular weight is 404 g/mol. The first kappa shape index (κ1) is 21.1. The second-order valence-corrected chi connectivity index (χ2v) is 8.15. The molecule has 1 aromatic carbocycles. The lowest BCUT2D eigenvalue weighted by Gasteiger charge is -2.52. The summed E-state index contributed by atoms with van der Waals surface area (Å²) in [6, 6.07) is 8.03. The van der Waals surface area contributed by atoms with Crippen molar-refractivity contribution in [1.82, 2.24) is 5.32 Å². The standard InChI is InChI=1S/C21H30FN5O2/c22-11-15(12-23)14-29-17-3-1-16(2-4-17)20-5-8-21(9-6-20,10-7-20)19(28)26-13-18(24)27-25/h1-4,11H,5-10,12-14,23,25H2,(H2,24,27)(H,26,28)/b15-11+. The number of benzene rings is 1. The van der Waals surface area contributed by atoms with Crippen molar-refractivity contribution in [3.8, 4) is 5.75 Å². The summed E-state index contributed by atoms with van der Waals surface area (Å²) in [4.78, 5) is 12.7. The fourth-order valence-electron chi connectivity index (χ4n) is 4.58. The second kappa shape index (κ2) is 8.82. The molecule has 2 bridgehead atoms. The van der Waals surface area contributed by atoms with E-state index >= 15 is 0 Å². The molecule has 3 fully saturated rings. The van der Waals surface area contributed by atoms with Crippen LogP contribution in [0.4, 0.5) is 4.39 Å². The van der Waals surface area contributed by atoms with Crippen LogP contribution in [-0.2, 0) is 10.2 Å². The molecule has 0 radical (unpaired) electrons. The van der Waals surface area contributed by atoms with Crippen LogP contribution in [0.3, 0.4) is 0 Å². The lowest BCUT2D eigenvalue weighted by atomic mass is 9.51. The SMILES string of the molecule is NC/C(=C\F)COc1ccc(C23CCC(C(=O)NC/C(N)=N/N)(CC2)CC3)cc1. The highest BCUT2D eigenvalue weighted by molar-refractivity contribution is 5.89. The summed E-state index contributed by atoms with van der Waals surface area (Å²) in [5, 5.41) is 6.28. The molecule has 0 aromatic heterocycles. The molecule has 1 amide bonds. The molecule has 4 rings (SSSR count). The molecule has 0 saturated heterocycles. The Bertz CT molecular complexity index is 766. The van der Waals surface area contributed by atoms with Crippen molar-refractivity contribution in [3.05, 3.63) is 41.7 Å². The van der Waals surface area contributed by atoms with Gasteiger partial charge >= 0.3 is 0 Å². The minimum atomic E-state index is -0.309. The summed E-state index contributed by atoms with van der Waals surface area (Å²) in [6.45, 7) is 0.473. The Morgan fingerprint density at radius 1 is 1.17 bits per heavy atom. The minimum absolute atomic E-state index is 0.0535. The van der Waals surface area contributed by atoms with Crippen molar-refractivity contribution in [1.29, 1.82) is 0 Å². The van der Waals surface area contributed by atoms with Gasteiger partial charge in [-0.25, -0.2) is 4.39 Å². The lowest BCUT2D eigenvalue weighted by molar-refractivity contribution is -0.137. The van der Waals surface area contributed by atoms with Crippen LogP contribution in [0.5, 0.6) is 5.75 Å². The van der Waals surface area contributed by atoms with Crippen molar-refractivity contribution in [3.63, 3.8) is 0 Å². The third kappa shape index (κ3) is 4.37. The second-order valence-electron chi connectivity index (χ2n) is 8.15. The summed E-state index contributed by atoms with van der Waals surface area (Å²) < 4.78 is 18.2. The van der Waals surface area contributed by atoms with Gasteiger partial charge in [-0.3, -0.25) is 4.79 Å². The van der Waals surface area contributed by atoms with Gasteiger partial charge in [-0.1, -0.05) is 12.1 Å². The average Bonchev–Trinajstić information content (AvgIpc) is 2.79. The van der Waals surface area contributed by atoms with E-state index in [9.17, 15) is 9.18 Å². The number of hydrogen-bond donors (Lipinski definition) is 4. The number of amides is 1. The van der Waals surface area contributed by atoms with E-state index in [1.165, 1.54) is 5.56 Å². The number of rotatable bonds is 8. The summed E-state index contributed by atoms with van der Waals surface area (Å²) in [6.07, 6.45) is 6.00. The molecule has 0 heterocycles. The van der Waals surface area contributed by atoms with E-state index in [0.717, 1.165) is 38.5 Å². The Labute approximate surface area is 170 Å². The first-order chi connectivity index (χ1) is 14.0. The van der Waals surface area contributed by atoms with Gasteiger partial charge in [-0.2, -0.15) is 5.10 Å². The molecule has 0 unspecified atom stereocenters. The first-order valence-corrected chi connectivity index (χ1v) is 9.99. The van der Waals surface area contributed by atoms with Crippen LogP contribution in [0, 0.1) is 5.41 Å². The summed E-state index contributed by atoms with van der Waals surface area (Å²) in [7, 11) is 0. The number of ether oxygens (including phenoxy) is 1. The van der Waals surface area contributed by atoms with E-state index in [4.69, 9.17) is 22.0 Å². The number of nitrogens with one attached hydrogen (secondary N) is 1. The minimum Gasteiger partial charge on any atom is -0.489 e. The third-order valence-electron chi connectivity index (χ3n) is 6.63.